The van der Waals surface area contributed by atoms with E-state index in [1.54, 1.807) is 22.2 Å². The number of nitrogens with zero attached hydrogens (tertiary/aromatic N) is 4. The number of amides is 2. The number of hydrogen-bond acceptors (Lipinski definition) is 6. The van der Waals surface area contributed by atoms with Crippen LogP contribution in [-0.2, 0) is 9.53 Å². The number of rotatable bonds is 4. The Kier molecular flexibility index (Phi) is 6.14. The van der Waals surface area contributed by atoms with Gasteiger partial charge in [-0.1, -0.05) is 11.8 Å². The Balaban J connectivity index is 1.97. The average molecular weight is 324 g/mol. The van der Waals surface area contributed by atoms with Gasteiger partial charge in [0.2, 0.25) is 5.91 Å². The first-order valence-corrected chi connectivity index (χ1v) is 8.30. The van der Waals surface area contributed by atoms with Crippen molar-refractivity contribution in [2.75, 3.05) is 46.2 Å². The van der Waals surface area contributed by atoms with E-state index in [2.05, 4.69) is 9.97 Å². The fraction of sp³-hybridized carbons (Fsp3) is 0.571. The standard InChI is InChI=1S/C14H20N4O3S/c1-21-10-12(19)17-4-3-5-18(7-6-17)13(20)11-8-15-14(22-2)16-9-11/h8-9H,3-7,10H2,1-2H3. The summed E-state index contributed by atoms with van der Waals surface area (Å²) in [4.78, 5) is 36.1. The summed E-state index contributed by atoms with van der Waals surface area (Å²) in [5.41, 5.74) is 0.481. The fourth-order valence-corrected chi connectivity index (χ4v) is 2.62. The molecule has 1 fully saturated rings. The smallest absolute Gasteiger partial charge is 0.257 e. The van der Waals surface area contributed by atoms with Crippen LogP contribution in [0.2, 0.25) is 0 Å². The molecule has 0 radical (unpaired) electrons. The van der Waals surface area contributed by atoms with Crippen molar-refractivity contribution in [3.8, 4) is 0 Å². The molecule has 0 aromatic carbocycles. The van der Waals surface area contributed by atoms with Gasteiger partial charge in [0, 0.05) is 45.7 Å². The Bertz CT molecular complexity index is 523. The van der Waals surface area contributed by atoms with E-state index in [1.165, 1.54) is 18.9 Å². The van der Waals surface area contributed by atoms with Crippen molar-refractivity contribution < 1.29 is 14.3 Å². The summed E-state index contributed by atoms with van der Waals surface area (Å²) in [5, 5.41) is 0.642. The van der Waals surface area contributed by atoms with Gasteiger partial charge < -0.3 is 14.5 Å². The van der Waals surface area contributed by atoms with Crippen LogP contribution >= 0.6 is 11.8 Å². The molecule has 22 heavy (non-hydrogen) atoms. The first-order valence-electron chi connectivity index (χ1n) is 7.07. The van der Waals surface area contributed by atoms with Gasteiger partial charge in [-0.15, -0.1) is 0 Å². The molecule has 8 heteroatoms. The van der Waals surface area contributed by atoms with Gasteiger partial charge in [-0.05, 0) is 12.7 Å². The number of ether oxygens (including phenoxy) is 1. The lowest BCUT2D eigenvalue weighted by Gasteiger charge is -2.22. The minimum atomic E-state index is -0.0892. The van der Waals surface area contributed by atoms with Crippen LogP contribution in [-0.4, -0.2) is 77.7 Å². The second kappa shape index (κ2) is 8.09. The Labute approximate surface area is 134 Å². The lowest BCUT2D eigenvalue weighted by Crippen LogP contribution is -2.38. The molecule has 7 nitrogen and oxygen atoms in total. The van der Waals surface area contributed by atoms with E-state index in [9.17, 15) is 9.59 Å². The van der Waals surface area contributed by atoms with E-state index in [0.717, 1.165) is 6.42 Å². The van der Waals surface area contributed by atoms with Crippen molar-refractivity contribution in [2.45, 2.75) is 11.6 Å². The zero-order valence-electron chi connectivity index (χ0n) is 12.8. The van der Waals surface area contributed by atoms with Gasteiger partial charge in [-0.3, -0.25) is 9.59 Å². The monoisotopic (exact) mass is 324 g/mol. The Hall–Kier alpha value is -1.67. The van der Waals surface area contributed by atoms with Crippen molar-refractivity contribution in [3.05, 3.63) is 18.0 Å². The molecule has 0 bridgehead atoms. The van der Waals surface area contributed by atoms with Gasteiger partial charge in [0.05, 0.1) is 5.56 Å². The highest BCUT2D eigenvalue weighted by atomic mass is 32.2. The molecule has 0 saturated carbocycles. The molecule has 0 spiro atoms. The molecule has 1 aliphatic rings. The number of carbonyl (C=O) groups is 2. The van der Waals surface area contributed by atoms with Gasteiger partial charge in [-0.2, -0.15) is 0 Å². The summed E-state index contributed by atoms with van der Waals surface area (Å²) >= 11 is 1.43. The molecule has 120 valence electrons. The maximum Gasteiger partial charge on any atom is 0.257 e. The Morgan fingerprint density at radius 2 is 1.82 bits per heavy atom. The predicted molar refractivity (Wildman–Crippen MR) is 82.8 cm³/mol. The second-order valence-electron chi connectivity index (χ2n) is 4.92. The van der Waals surface area contributed by atoms with E-state index in [4.69, 9.17) is 4.74 Å². The quantitative estimate of drug-likeness (QED) is 0.594. The lowest BCUT2D eigenvalue weighted by atomic mass is 10.3. The molecular formula is C14H20N4O3S. The van der Waals surface area contributed by atoms with Gasteiger partial charge in [0.25, 0.3) is 5.91 Å². The van der Waals surface area contributed by atoms with Crippen LogP contribution in [0.3, 0.4) is 0 Å². The SMILES string of the molecule is COCC(=O)N1CCCN(C(=O)c2cnc(SC)nc2)CC1. The minimum absolute atomic E-state index is 0.0375. The van der Waals surface area contributed by atoms with E-state index >= 15 is 0 Å². The van der Waals surface area contributed by atoms with Crippen molar-refractivity contribution in [1.29, 1.82) is 0 Å². The van der Waals surface area contributed by atoms with Crippen molar-refractivity contribution >= 4 is 23.6 Å². The van der Waals surface area contributed by atoms with E-state index in [-0.39, 0.29) is 18.4 Å². The van der Waals surface area contributed by atoms with Crippen LogP contribution in [0.15, 0.2) is 17.6 Å². The van der Waals surface area contributed by atoms with Crippen LogP contribution in [0.4, 0.5) is 0 Å². The zero-order chi connectivity index (χ0) is 15.9. The normalized spacial score (nSPS) is 15.5. The zero-order valence-corrected chi connectivity index (χ0v) is 13.6. The fourth-order valence-electron chi connectivity index (χ4n) is 2.30. The van der Waals surface area contributed by atoms with Crippen LogP contribution < -0.4 is 0 Å². The summed E-state index contributed by atoms with van der Waals surface area (Å²) in [7, 11) is 1.50. The number of aromatic nitrogens is 2. The topological polar surface area (TPSA) is 75.6 Å². The number of carbonyl (C=O) groups excluding carboxylic acids is 2. The first-order chi connectivity index (χ1) is 10.7. The maximum atomic E-state index is 12.5. The second-order valence-corrected chi connectivity index (χ2v) is 5.69. The Morgan fingerprint density at radius 3 is 2.45 bits per heavy atom. The van der Waals surface area contributed by atoms with Crippen LogP contribution in [0, 0.1) is 0 Å². The summed E-state index contributed by atoms with van der Waals surface area (Å²) in [6, 6.07) is 0. The van der Waals surface area contributed by atoms with Crippen molar-refractivity contribution in [1.82, 2.24) is 19.8 Å². The summed E-state index contributed by atoms with van der Waals surface area (Å²) in [6.45, 7) is 2.39. The van der Waals surface area contributed by atoms with Gasteiger partial charge >= 0.3 is 0 Å². The lowest BCUT2D eigenvalue weighted by molar-refractivity contribution is -0.135. The molecule has 0 N–H and O–H groups in total. The van der Waals surface area contributed by atoms with Crippen molar-refractivity contribution in [2.24, 2.45) is 0 Å². The van der Waals surface area contributed by atoms with Crippen LogP contribution in [0.25, 0.3) is 0 Å². The van der Waals surface area contributed by atoms with Crippen molar-refractivity contribution in [3.63, 3.8) is 0 Å². The summed E-state index contributed by atoms with van der Waals surface area (Å²) < 4.78 is 4.87. The molecule has 2 amide bonds. The maximum absolute atomic E-state index is 12.5. The number of thioether (sulfide) groups is 1. The Morgan fingerprint density at radius 1 is 1.18 bits per heavy atom. The largest absolute Gasteiger partial charge is 0.375 e. The van der Waals surface area contributed by atoms with E-state index in [0.29, 0.717) is 36.9 Å². The molecule has 2 heterocycles. The third-order valence-corrected chi connectivity index (χ3v) is 4.04. The third-order valence-electron chi connectivity index (χ3n) is 3.46. The molecular weight excluding hydrogens is 304 g/mol. The highest BCUT2D eigenvalue weighted by Gasteiger charge is 2.23. The molecule has 0 unspecified atom stereocenters. The molecule has 2 rings (SSSR count). The molecule has 1 aliphatic heterocycles. The van der Waals surface area contributed by atoms with Gasteiger partial charge in [-0.25, -0.2) is 9.97 Å². The first kappa shape index (κ1) is 16.7. The molecule has 1 saturated heterocycles. The highest BCUT2D eigenvalue weighted by Crippen LogP contribution is 2.11. The van der Waals surface area contributed by atoms with E-state index in [1.807, 2.05) is 6.26 Å². The molecule has 1 aromatic heterocycles. The van der Waals surface area contributed by atoms with Crippen LogP contribution in [0.1, 0.15) is 16.8 Å². The average Bonchev–Trinajstić information content (AvgIpc) is 2.80. The number of methoxy groups -OCH3 is 1. The minimum Gasteiger partial charge on any atom is -0.375 e. The summed E-state index contributed by atoms with van der Waals surface area (Å²) in [6.07, 6.45) is 5.75. The summed E-state index contributed by atoms with van der Waals surface area (Å²) in [5.74, 6) is -0.127. The van der Waals surface area contributed by atoms with Crippen LogP contribution in [0.5, 0.6) is 0 Å². The molecule has 0 atom stereocenters. The molecule has 0 aliphatic carbocycles. The van der Waals surface area contributed by atoms with Gasteiger partial charge in [0.15, 0.2) is 5.16 Å². The highest BCUT2D eigenvalue weighted by molar-refractivity contribution is 7.98. The van der Waals surface area contributed by atoms with Gasteiger partial charge in [0.1, 0.15) is 6.61 Å². The molecule has 1 aromatic rings. The predicted octanol–water partition coefficient (Wildman–Crippen LogP) is 0.519. The van der Waals surface area contributed by atoms with E-state index < -0.39 is 0 Å². The third kappa shape index (κ3) is 4.17. The number of hydrogen-bond donors (Lipinski definition) is 0.